The standard InChI is InChI=1S/C18H20BrNO4/c1-5-23-18(22)16-11(3)17(20-12(16)4)14(21)9-24-15-7-6-10(2)8-13(15)19/h6-8,20H,5,9H2,1-4H3. The monoisotopic (exact) mass is 393 g/mol. The Labute approximate surface area is 149 Å². The summed E-state index contributed by atoms with van der Waals surface area (Å²) in [6, 6.07) is 5.64. The number of nitrogens with one attached hydrogen (secondary N) is 1. The van der Waals surface area contributed by atoms with Gasteiger partial charge in [-0.05, 0) is 66.9 Å². The Hall–Kier alpha value is -2.08. The molecule has 0 unspecified atom stereocenters. The first-order chi connectivity index (χ1) is 11.3. The number of hydrogen-bond acceptors (Lipinski definition) is 4. The molecule has 0 radical (unpaired) electrons. The zero-order valence-corrected chi connectivity index (χ0v) is 15.7. The lowest BCUT2D eigenvalue weighted by molar-refractivity contribution is 0.0525. The second-order valence-corrected chi connectivity index (χ2v) is 6.35. The first-order valence-electron chi connectivity index (χ1n) is 7.63. The van der Waals surface area contributed by atoms with Gasteiger partial charge in [0.2, 0.25) is 5.78 Å². The predicted octanol–water partition coefficient (Wildman–Crippen LogP) is 4.14. The predicted molar refractivity (Wildman–Crippen MR) is 94.9 cm³/mol. The topological polar surface area (TPSA) is 68.4 Å². The number of aromatic nitrogens is 1. The van der Waals surface area contributed by atoms with Crippen LogP contribution in [0.15, 0.2) is 22.7 Å². The van der Waals surface area contributed by atoms with Gasteiger partial charge in [-0.1, -0.05) is 6.07 Å². The highest BCUT2D eigenvalue weighted by atomic mass is 79.9. The number of ether oxygens (including phenoxy) is 2. The lowest BCUT2D eigenvalue weighted by Crippen LogP contribution is -2.14. The van der Waals surface area contributed by atoms with Gasteiger partial charge in [0.05, 0.1) is 22.3 Å². The van der Waals surface area contributed by atoms with Gasteiger partial charge in [-0.25, -0.2) is 4.79 Å². The Morgan fingerprint density at radius 1 is 1.21 bits per heavy atom. The van der Waals surface area contributed by atoms with Crippen molar-refractivity contribution in [1.29, 1.82) is 0 Å². The van der Waals surface area contributed by atoms with Crippen LogP contribution in [0.25, 0.3) is 0 Å². The molecule has 0 aliphatic carbocycles. The summed E-state index contributed by atoms with van der Waals surface area (Å²) >= 11 is 3.41. The number of carbonyl (C=O) groups excluding carboxylic acids is 2. The van der Waals surface area contributed by atoms with E-state index in [0.29, 0.717) is 28.3 Å². The summed E-state index contributed by atoms with van der Waals surface area (Å²) in [4.78, 5) is 27.4. The highest BCUT2D eigenvalue weighted by Gasteiger charge is 2.23. The van der Waals surface area contributed by atoms with Gasteiger partial charge in [-0.15, -0.1) is 0 Å². The van der Waals surface area contributed by atoms with Crippen molar-refractivity contribution in [2.24, 2.45) is 0 Å². The quantitative estimate of drug-likeness (QED) is 0.591. The highest BCUT2D eigenvalue weighted by molar-refractivity contribution is 9.10. The number of esters is 1. The lowest BCUT2D eigenvalue weighted by Gasteiger charge is -2.08. The summed E-state index contributed by atoms with van der Waals surface area (Å²) in [6.07, 6.45) is 0. The maximum Gasteiger partial charge on any atom is 0.340 e. The first-order valence-corrected chi connectivity index (χ1v) is 8.42. The molecule has 0 saturated heterocycles. The van der Waals surface area contributed by atoms with Crippen LogP contribution in [0.5, 0.6) is 5.75 Å². The molecule has 0 spiro atoms. The normalized spacial score (nSPS) is 10.5. The van der Waals surface area contributed by atoms with Crippen molar-refractivity contribution >= 4 is 27.7 Å². The fourth-order valence-corrected chi connectivity index (χ4v) is 3.08. The number of halogens is 1. The fraction of sp³-hybridized carbons (Fsp3) is 0.333. The van der Waals surface area contributed by atoms with E-state index in [9.17, 15) is 9.59 Å². The number of aromatic amines is 1. The third-order valence-corrected chi connectivity index (χ3v) is 4.26. The van der Waals surface area contributed by atoms with Gasteiger partial charge in [-0.2, -0.15) is 0 Å². The van der Waals surface area contributed by atoms with E-state index in [2.05, 4.69) is 20.9 Å². The molecule has 1 N–H and O–H groups in total. The molecule has 0 aliphatic rings. The van der Waals surface area contributed by atoms with Crippen molar-refractivity contribution in [3.8, 4) is 5.75 Å². The molecule has 6 heteroatoms. The molecule has 0 saturated carbocycles. The van der Waals surface area contributed by atoms with E-state index >= 15 is 0 Å². The average molecular weight is 394 g/mol. The molecule has 2 aromatic rings. The maximum atomic E-state index is 12.4. The number of carbonyl (C=O) groups is 2. The average Bonchev–Trinajstić information content (AvgIpc) is 2.81. The van der Waals surface area contributed by atoms with E-state index in [1.54, 1.807) is 20.8 Å². The third kappa shape index (κ3) is 3.87. The highest BCUT2D eigenvalue weighted by Crippen LogP contribution is 2.26. The van der Waals surface area contributed by atoms with E-state index in [1.807, 2.05) is 25.1 Å². The molecule has 128 valence electrons. The largest absolute Gasteiger partial charge is 0.484 e. The van der Waals surface area contributed by atoms with Gasteiger partial charge in [-0.3, -0.25) is 4.79 Å². The Morgan fingerprint density at radius 2 is 1.92 bits per heavy atom. The lowest BCUT2D eigenvalue weighted by atomic mass is 10.1. The van der Waals surface area contributed by atoms with Crippen molar-refractivity contribution in [3.05, 3.63) is 50.8 Å². The second-order valence-electron chi connectivity index (χ2n) is 5.49. The van der Waals surface area contributed by atoms with Gasteiger partial charge in [0.15, 0.2) is 6.61 Å². The number of hydrogen-bond donors (Lipinski definition) is 1. The summed E-state index contributed by atoms with van der Waals surface area (Å²) < 4.78 is 11.4. The number of H-pyrrole nitrogens is 1. The number of benzene rings is 1. The summed E-state index contributed by atoms with van der Waals surface area (Å²) in [5.41, 5.74) is 3.08. The van der Waals surface area contributed by atoms with E-state index in [4.69, 9.17) is 9.47 Å². The molecule has 24 heavy (non-hydrogen) atoms. The molecule has 1 aromatic heterocycles. The van der Waals surface area contributed by atoms with Crippen molar-refractivity contribution in [3.63, 3.8) is 0 Å². The van der Waals surface area contributed by atoms with E-state index in [0.717, 1.165) is 10.0 Å². The van der Waals surface area contributed by atoms with Crippen LogP contribution in [0.1, 0.15) is 44.6 Å². The minimum absolute atomic E-state index is 0.120. The smallest absolute Gasteiger partial charge is 0.340 e. The fourth-order valence-electron chi connectivity index (χ4n) is 2.48. The zero-order chi connectivity index (χ0) is 17.9. The minimum atomic E-state index is -0.426. The first kappa shape index (κ1) is 18.3. The van der Waals surface area contributed by atoms with Crippen LogP contribution >= 0.6 is 15.9 Å². The van der Waals surface area contributed by atoms with Gasteiger partial charge in [0, 0.05) is 5.69 Å². The van der Waals surface area contributed by atoms with E-state index in [1.165, 1.54) is 0 Å². The van der Waals surface area contributed by atoms with Crippen LogP contribution in [0.4, 0.5) is 0 Å². The Morgan fingerprint density at radius 3 is 2.54 bits per heavy atom. The van der Waals surface area contributed by atoms with Gasteiger partial charge in [0.1, 0.15) is 5.75 Å². The molecule has 0 fully saturated rings. The van der Waals surface area contributed by atoms with E-state index < -0.39 is 5.97 Å². The van der Waals surface area contributed by atoms with Crippen LogP contribution < -0.4 is 4.74 Å². The Balaban J connectivity index is 2.15. The van der Waals surface area contributed by atoms with Crippen LogP contribution in [-0.4, -0.2) is 30.0 Å². The molecule has 5 nitrogen and oxygen atoms in total. The van der Waals surface area contributed by atoms with Crippen LogP contribution in [0, 0.1) is 20.8 Å². The number of aryl methyl sites for hydroxylation is 2. The zero-order valence-electron chi connectivity index (χ0n) is 14.2. The molecule has 1 aromatic carbocycles. The summed E-state index contributed by atoms with van der Waals surface area (Å²) in [7, 11) is 0. The third-order valence-electron chi connectivity index (χ3n) is 3.64. The van der Waals surface area contributed by atoms with Gasteiger partial charge < -0.3 is 14.5 Å². The number of rotatable bonds is 6. The number of Topliss-reactive ketones (excluding diaryl/α,β-unsaturated/α-hetero) is 1. The second kappa shape index (κ2) is 7.66. The summed E-state index contributed by atoms with van der Waals surface area (Å²) in [6.45, 7) is 7.36. The van der Waals surface area contributed by atoms with Crippen LogP contribution in [0.3, 0.4) is 0 Å². The molecule has 2 rings (SSSR count). The summed E-state index contributed by atoms with van der Waals surface area (Å²) in [5, 5.41) is 0. The molecular formula is C18H20BrNO4. The molecular weight excluding hydrogens is 374 g/mol. The molecule has 0 atom stereocenters. The molecule has 1 heterocycles. The van der Waals surface area contributed by atoms with Gasteiger partial charge >= 0.3 is 5.97 Å². The molecule has 0 bridgehead atoms. The molecule has 0 amide bonds. The number of ketones is 1. The molecule has 0 aliphatic heterocycles. The Bertz CT molecular complexity index is 780. The Kier molecular flexibility index (Phi) is 5.83. The van der Waals surface area contributed by atoms with Crippen LogP contribution in [-0.2, 0) is 4.74 Å². The van der Waals surface area contributed by atoms with Crippen molar-refractivity contribution in [1.82, 2.24) is 4.98 Å². The van der Waals surface area contributed by atoms with Crippen LogP contribution in [0.2, 0.25) is 0 Å². The van der Waals surface area contributed by atoms with E-state index in [-0.39, 0.29) is 19.0 Å². The van der Waals surface area contributed by atoms with Crippen molar-refractivity contribution in [2.75, 3.05) is 13.2 Å². The maximum absolute atomic E-state index is 12.4. The van der Waals surface area contributed by atoms with Crippen molar-refractivity contribution in [2.45, 2.75) is 27.7 Å². The van der Waals surface area contributed by atoms with Crippen molar-refractivity contribution < 1.29 is 19.1 Å². The van der Waals surface area contributed by atoms with Gasteiger partial charge in [0.25, 0.3) is 0 Å². The SMILES string of the molecule is CCOC(=O)c1c(C)[nH]c(C(=O)COc2ccc(C)cc2Br)c1C. The summed E-state index contributed by atoms with van der Waals surface area (Å²) in [5.74, 6) is -0.0517. The minimum Gasteiger partial charge on any atom is -0.484 e.